The lowest BCUT2D eigenvalue weighted by Crippen LogP contribution is -1.86. The molecule has 0 aromatic carbocycles. The molecule has 0 fully saturated rings. The molecular formula is C17H24N2O4. The normalized spacial score (nSPS) is 10.5. The number of aliphatic carboxylic acids is 2. The number of aromatic nitrogens is 2. The first kappa shape index (κ1) is 20.4. The largest absolute Gasteiger partial charge is 0.478 e. The molecule has 1 rings (SSSR count). The molecule has 3 N–H and O–H groups in total. The first-order valence-corrected chi connectivity index (χ1v) is 7.47. The van der Waals surface area contributed by atoms with Crippen molar-refractivity contribution in [3.05, 3.63) is 42.5 Å². The van der Waals surface area contributed by atoms with Crippen molar-refractivity contribution in [1.82, 2.24) is 9.97 Å². The maximum absolute atomic E-state index is 10.1. The minimum Gasteiger partial charge on any atom is -0.478 e. The van der Waals surface area contributed by atoms with E-state index in [0.29, 0.717) is 5.82 Å². The van der Waals surface area contributed by atoms with Crippen LogP contribution in [0.2, 0.25) is 0 Å². The Hall–Kier alpha value is -2.63. The van der Waals surface area contributed by atoms with Gasteiger partial charge in [0.05, 0.1) is 11.9 Å². The van der Waals surface area contributed by atoms with Crippen LogP contribution in [0.4, 0.5) is 0 Å². The molecule has 0 bridgehead atoms. The first-order valence-electron chi connectivity index (χ1n) is 7.47. The van der Waals surface area contributed by atoms with Crippen molar-refractivity contribution in [2.45, 2.75) is 39.0 Å². The Balaban J connectivity index is 0.000000423. The van der Waals surface area contributed by atoms with Crippen LogP contribution in [0.15, 0.2) is 31.0 Å². The topological polar surface area (TPSA) is 103 Å². The lowest BCUT2D eigenvalue weighted by molar-refractivity contribution is -0.132. The lowest BCUT2D eigenvalue weighted by Gasteiger charge is -1.92. The molecule has 6 nitrogen and oxygen atoms in total. The van der Waals surface area contributed by atoms with Crippen molar-refractivity contribution in [2.75, 3.05) is 0 Å². The summed E-state index contributed by atoms with van der Waals surface area (Å²) < 4.78 is 0. The number of nitrogens with zero attached hydrogens (tertiary/aromatic N) is 1. The lowest BCUT2D eigenvalue weighted by atomic mass is 10.1. The molecule has 0 saturated heterocycles. The van der Waals surface area contributed by atoms with Gasteiger partial charge in [0, 0.05) is 12.2 Å². The van der Waals surface area contributed by atoms with Gasteiger partial charge in [-0.2, -0.15) is 0 Å². The Morgan fingerprint density at radius 3 is 2.43 bits per heavy atom. The Morgan fingerprint density at radius 2 is 1.91 bits per heavy atom. The number of hydrogen-bond donors (Lipinski definition) is 3. The maximum Gasteiger partial charge on any atom is 0.328 e. The zero-order valence-corrected chi connectivity index (χ0v) is 13.4. The average Bonchev–Trinajstić information content (AvgIpc) is 2.97. The van der Waals surface area contributed by atoms with E-state index < -0.39 is 11.9 Å². The summed E-state index contributed by atoms with van der Waals surface area (Å²) in [5.41, 5.74) is 0.764. The van der Waals surface area contributed by atoms with Crippen molar-refractivity contribution in [3.63, 3.8) is 0 Å². The SMILES string of the molecule is C=Cc1cnc(C=CC(=O)O)[nH]1.CCCCCCC=CC(=O)O. The van der Waals surface area contributed by atoms with Gasteiger partial charge in [-0.05, 0) is 25.0 Å². The van der Waals surface area contributed by atoms with Gasteiger partial charge < -0.3 is 15.2 Å². The van der Waals surface area contributed by atoms with E-state index in [0.717, 1.165) is 24.6 Å². The van der Waals surface area contributed by atoms with Gasteiger partial charge in [0.2, 0.25) is 0 Å². The highest BCUT2D eigenvalue weighted by atomic mass is 16.4. The predicted octanol–water partition coefficient (Wildman–Crippen LogP) is 3.75. The van der Waals surface area contributed by atoms with Crippen LogP contribution in [0.1, 0.15) is 50.5 Å². The van der Waals surface area contributed by atoms with Crippen molar-refractivity contribution in [2.24, 2.45) is 0 Å². The van der Waals surface area contributed by atoms with E-state index in [4.69, 9.17) is 10.2 Å². The molecule has 0 aliphatic carbocycles. The molecule has 0 saturated carbocycles. The van der Waals surface area contributed by atoms with E-state index in [1.54, 1.807) is 18.3 Å². The van der Waals surface area contributed by atoms with Gasteiger partial charge >= 0.3 is 11.9 Å². The minimum absolute atomic E-state index is 0.507. The summed E-state index contributed by atoms with van der Waals surface area (Å²) in [7, 11) is 0. The van der Waals surface area contributed by atoms with Gasteiger partial charge in [0.25, 0.3) is 0 Å². The van der Waals surface area contributed by atoms with Crippen LogP contribution >= 0.6 is 0 Å². The number of unbranched alkanes of at least 4 members (excludes halogenated alkanes) is 4. The molecule has 0 amide bonds. The van der Waals surface area contributed by atoms with Crippen molar-refractivity contribution in [3.8, 4) is 0 Å². The zero-order chi connectivity index (χ0) is 17.5. The summed E-state index contributed by atoms with van der Waals surface area (Å²) in [4.78, 5) is 26.8. The summed E-state index contributed by atoms with van der Waals surface area (Å²) in [5, 5.41) is 16.5. The molecule has 0 atom stereocenters. The number of carbonyl (C=O) groups is 2. The standard InChI is InChI=1S/C9H16O2.C8H8N2O2/c1-2-3-4-5-6-7-8-9(10)11;1-2-6-5-9-7(10-6)3-4-8(11)12/h7-8H,2-6H2,1H3,(H,10,11);2-5H,1H2,(H,9,10)(H,11,12). The summed E-state index contributed by atoms with van der Waals surface area (Å²) in [6.45, 7) is 5.69. The second-order valence-corrected chi connectivity index (χ2v) is 4.69. The highest BCUT2D eigenvalue weighted by Gasteiger charge is 1.93. The number of H-pyrrole nitrogens is 1. The van der Waals surface area contributed by atoms with Crippen LogP contribution in [-0.2, 0) is 9.59 Å². The van der Waals surface area contributed by atoms with Gasteiger partial charge in [-0.15, -0.1) is 0 Å². The molecule has 1 heterocycles. The third kappa shape index (κ3) is 12.8. The van der Waals surface area contributed by atoms with Crippen molar-refractivity contribution < 1.29 is 19.8 Å². The predicted molar refractivity (Wildman–Crippen MR) is 90.9 cm³/mol. The summed E-state index contributed by atoms with van der Waals surface area (Å²) in [6.07, 6.45) is 14.2. The smallest absolute Gasteiger partial charge is 0.328 e. The summed E-state index contributed by atoms with van der Waals surface area (Å²) in [6, 6.07) is 0. The van der Waals surface area contributed by atoms with E-state index >= 15 is 0 Å². The Kier molecular flexibility index (Phi) is 11.6. The van der Waals surface area contributed by atoms with Crippen LogP contribution in [0, 0.1) is 0 Å². The molecule has 126 valence electrons. The number of rotatable bonds is 9. The third-order valence-electron chi connectivity index (χ3n) is 2.70. The summed E-state index contributed by atoms with van der Waals surface area (Å²) >= 11 is 0. The van der Waals surface area contributed by atoms with E-state index in [1.807, 2.05) is 0 Å². The average molecular weight is 320 g/mol. The number of carboxylic acids is 2. The Morgan fingerprint density at radius 1 is 1.22 bits per heavy atom. The monoisotopic (exact) mass is 320 g/mol. The molecule has 0 spiro atoms. The Bertz CT molecular complexity index is 545. The second kappa shape index (κ2) is 13.1. The summed E-state index contributed by atoms with van der Waals surface area (Å²) in [5.74, 6) is -1.33. The molecule has 23 heavy (non-hydrogen) atoms. The number of aromatic amines is 1. The van der Waals surface area contributed by atoms with Gasteiger partial charge in [-0.1, -0.05) is 38.8 Å². The number of allylic oxidation sites excluding steroid dienone is 1. The molecule has 1 aromatic heterocycles. The van der Waals surface area contributed by atoms with Crippen molar-refractivity contribution in [1.29, 1.82) is 0 Å². The van der Waals surface area contributed by atoms with Crippen LogP contribution < -0.4 is 0 Å². The van der Waals surface area contributed by atoms with Crippen LogP contribution in [0.3, 0.4) is 0 Å². The minimum atomic E-state index is -0.994. The fourth-order valence-electron chi connectivity index (χ4n) is 1.56. The highest BCUT2D eigenvalue weighted by molar-refractivity contribution is 5.84. The fourth-order valence-corrected chi connectivity index (χ4v) is 1.56. The molecule has 0 aliphatic rings. The molecule has 0 aliphatic heterocycles. The third-order valence-corrected chi connectivity index (χ3v) is 2.70. The number of nitrogens with one attached hydrogen (secondary N) is 1. The van der Waals surface area contributed by atoms with E-state index in [1.165, 1.54) is 31.4 Å². The van der Waals surface area contributed by atoms with Gasteiger partial charge in [-0.25, -0.2) is 14.6 Å². The fraction of sp³-hybridized carbons (Fsp3) is 0.353. The van der Waals surface area contributed by atoms with Crippen LogP contribution in [0.5, 0.6) is 0 Å². The quantitative estimate of drug-likeness (QED) is 0.475. The second-order valence-electron chi connectivity index (χ2n) is 4.69. The zero-order valence-electron chi connectivity index (χ0n) is 13.4. The van der Waals surface area contributed by atoms with Gasteiger partial charge in [0.15, 0.2) is 0 Å². The molecule has 1 aromatic rings. The highest BCUT2D eigenvalue weighted by Crippen LogP contribution is 2.02. The van der Waals surface area contributed by atoms with E-state index in [2.05, 4.69) is 23.5 Å². The van der Waals surface area contributed by atoms with E-state index in [-0.39, 0.29) is 0 Å². The van der Waals surface area contributed by atoms with Crippen LogP contribution in [0.25, 0.3) is 12.2 Å². The molecular weight excluding hydrogens is 296 g/mol. The molecule has 0 radical (unpaired) electrons. The molecule has 0 unspecified atom stereocenters. The number of imidazole rings is 1. The number of carboxylic acid groups (broad SMARTS) is 2. The van der Waals surface area contributed by atoms with Crippen molar-refractivity contribution >= 4 is 24.1 Å². The van der Waals surface area contributed by atoms with Crippen LogP contribution in [-0.4, -0.2) is 32.1 Å². The number of hydrogen-bond acceptors (Lipinski definition) is 3. The molecule has 6 heteroatoms. The van der Waals surface area contributed by atoms with Gasteiger partial charge in [-0.3, -0.25) is 0 Å². The van der Waals surface area contributed by atoms with E-state index in [9.17, 15) is 9.59 Å². The van der Waals surface area contributed by atoms with Gasteiger partial charge in [0.1, 0.15) is 5.82 Å². The first-order chi connectivity index (χ1) is 11.0. The maximum atomic E-state index is 10.1. The Labute approximate surface area is 136 Å².